The van der Waals surface area contributed by atoms with E-state index < -0.39 is 0 Å². The van der Waals surface area contributed by atoms with Crippen LogP contribution in [0.2, 0.25) is 0 Å². The lowest BCUT2D eigenvalue weighted by Crippen LogP contribution is -2.41. The number of anilines is 1. The standard InChI is InChI=1S/C18H22FN5O2/c19-15-4-2-1-3-14(15)11-22-17-13-21-16(12-23-17)18(25)20-5-6-24-7-9-26-10-8-24/h1-4,12-13H,5-11H2,(H,20,25)(H,22,23). The van der Waals surface area contributed by atoms with E-state index in [2.05, 4.69) is 25.5 Å². The van der Waals surface area contributed by atoms with Gasteiger partial charge in [-0.2, -0.15) is 0 Å². The van der Waals surface area contributed by atoms with Gasteiger partial charge >= 0.3 is 0 Å². The summed E-state index contributed by atoms with van der Waals surface area (Å²) in [5.74, 6) is -0.0474. The van der Waals surface area contributed by atoms with Crippen LogP contribution >= 0.6 is 0 Å². The Balaban J connectivity index is 1.44. The number of aromatic nitrogens is 2. The Labute approximate surface area is 151 Å². The van der Waals surface area contributed by atoms with Crippen molar-refractivity contribution < 1.29 is 13.9 Å². The number of hydrogen-bond donors (Lipinski definition) is 2. The quantitative estimate of drug-likeness (QED) is 0.776. The van der Waals surface area contributed by atoms with Gasteiger partial charge in [0.15, 0.2) is 0 Å². The second kappa shape index (κ2) is 9.21. The molecule has 2 aromatic rings. The van der Waals surface area contributed by atoms with Gasteiger partial charge in [-0.05, 0) is 6.07 Å². The molecule has 1 aliphatic rings. The zero-order chi connectivity index (χ0) is 18.2. The summed E-state index contributed by atoms with van der Waals surface area (Å²) in [5.41, 5.74) is 0.794. The first kappa shape index (κ1) is 18.2. The fourth-order valence-corrected chi connectivity index (χ4v) is 2.61. The van der Waals surface area contributed by atoms with Gasteiger partial charge in [0.25, 0.3) is 5.91 Å². The maximum atomic E-state index is 13.6. The second-order valence-electron chi connectivity index (χ2n) is 5.94. The lowest BCUT2D eigenvalue weighted by Gasteiger charge is -2.26. The minimum absolute atomic E-state index is 0.253. The van der Waals surface area contributed by atoms with Crippen LogP contribution in [0.3, 0.4) is 0 Å². The van der Waals surface area contributed by atoms with Crippen LogP contribution in [-0.4, -0.2) is 60.2 Å². The van der Waals surface area contributed by atoms with E-state index in [0.29, 0.717) is 24.5 Å². The Hall–Kier alpha value is -2.58. The maximum Gasteiger partial charge on any atom is 0.271 e. The minimum atomic E-state index is -0.274. The van der Waals surface area contributed by atoms with Gasteiger partial charge in [0.1, 0.15) is 17.3 Å². The van der Waals surface area contributed by atoms with E-state index in [1.807, 2.05) is 0 Å². The van der Waals surface area contributed by atoms with Crippen molar-refractivity contribution in [3.63, 3.8) is 0 Å². The molecule has 0 unspecified atom stereocenters. The number of rotatable bonds is 7. The van der Waals surface area contributed by atoms with Crippen LogP contribution in [0.25, 0.3) is 0 Å². The molecule has 1 aromatic carbocycles. The molecule has 26 heavy (non-hydrogen) atoms. The molecule has 0 bridgehead atoms. The van der Waals surface area contributed by atoms with Crippen molar-refractivity contribution >= 4 is 11.7 Å². The van der Waals surface area contributed by atoms with Crippen LogP contribution in [0, 0.1) is 5.82 Å². The summed E-state index contributed by atoms with van der Waals surface area (Å²) in [6.07, 6.45) is 2.88. The number of nitrogens with zero attached hydrogens (tertiary/aromatic N) is 3. The average molecular weight is 359 g/mol. The predicted octanol–water partition coefficient (Wildman–Crippen LogP) is 1.29. The first-order valence-corrected chi connectivity index (χ1v) is 8.60. The number of hydrogen-bond acceptors (Lipinski definition) is 6. The Morgan fingerprint density at radius 2 is 2.00 bits per heavy atom. The van der Waals surface area contributed by atoms with Crippen molar-refractivity contribution in [2.45, 2.75) is 6.54 Å². The number of ether oxygens (including phenoxy) is 1. The summed E-state index contributed by atoms with van der Waals surface area (Å²) in [5, 5.41) is 5.83. The molecule has 2 N–H and O–H groups in total. The van der Waals surface area contributed by atoms with Crippen molar-refractivity contribution in [2.24, 2.45) is 0 Å². The maximum absolute atomic E-state index is 13.6. The van der Waals surface area contributed by atoms with Gasteiger partial charge < -0.3 is 15.4 Å². The largest absolute Gasteiger partial charge is 0.379 e. The first-order chi connectivity index (χ1) is 12.7. The predicted molar refractivity (Wildman–Crippen MR) is 95.4 cm³/mol. The summed E-state index contributed by atoms with van der Waals surface area (Å²) in [7, 11) is 0. The molecule has 138 valence electrons. The Bertz CT molecular complexity index is 720. The van der Waals surface area contributed by atoms with Gasteiger partial charge in [0.2, 0.25) is 0 Å². The number of halogens is 1. The molecule has 2 heterocycles. The Morgan fingerprint density at radius 1 is 1.19 bits per heavy atom. The highest BCUT2D eigenvalue weighted by molar-refractivity contribution is 5.91. The SMILES string of the molecule is O=C(NCCN1CCOCC1)c1cnc(NCc2ccccc2F)cn1. The molecule has 1 aromatic heterocycles. The molecule has 7 nitrogen and oxygen atoms in total. The molecule has 0 radical (unpaired) electrons. The number of benzene rings is 1. The first-order valence-electron chi connectivity index (χ1n) is 8.60. The van der Waals surface area contributed by atoms with Gasteiger partial charge in [-0.3, -0.25) is 9.69 Å². The minimum Gasteiger partial charge on any atom is -0.379 e. The monoisotopic (exact) mass is 359 g/mol. The van der Waals surface area contributed by atoms with E-state index >= 15 is 0 Å². The van der Waals surface area contributed by atoms with Gasteiger partial charge in [0.05, 0.1) is 25.6 Å². The van der Waals surface area contributed by atoms with Gasteiger partial charge in [-0.15, -0.1) is 0 Å². The fourth-order valence-electron chi connectivity index (χ4n) is 2.61. The van der Waals surface area contributed by atoms with Crippen molar-refractivity contribution in [1.29, 1.82) is 0 Å². The van der Waals surface area contributed by atoms with Crippen molar-refractivity contribution in [3.8, 4) is 0 Å². The van der Waals surface area contributed by atoms with Crippen molar-refractivity contribution in [1.82, 2.24) is 20.2 Å². The molecule has 0 saturated carbocycles. The zero-order valence-corrected chi connectivity index (χ0v) is 14.4. The van der Waals surface area contributed by atoms with Crippen LogP contribution in [0.1, 0.15) is 16.1 Å². The average Bonchev–Trinajstić information content (AvgIpc) is 2.68. The van der Waals surface area contributed by atoms with Crippen LogP contribution in [0.15, 0.2) is 36.7 Å². The zero-order valence-electron chi connectivity index (χ0n) is 14.4. The second-order valence-corrected chi connectivity index (χ2v) is 5.94. The van der Waals surface area contributed by atoms with Gasteiger partial charge in [-0.25, -0.2) is 14.4 Å². The molecule has 0 atom stereocenters. The summed E-state index contributed by atoms with van der Waals surface area (Å²) in [4.78, 5) is 22.6. The lowest BCUT2D eigenvalue weighted by atomic mass is 10.2. The van der Waals surface area contributed by atoms with E-state index in [1.165, 1.54) is 18.5 Å². The molecule has 1 saturated heterocycles. The number of nitrogens with one attached hydrogen (secondary N) is 2. The van der Waals surface area contributed by atoms with E-state index in [-0.39, 0.29) is 17.4 Å². The third kappa shape index (κ3) is 5.21. The smallest absolute Gasteiger partial charge is 0.271 e. The highest BCUT2D eigenvalue weighted by Gasteiger charge is 2.12. The normalized spacial score (nSPS) is 14.8. The molecule has 1 aliphatic heterocycles. The van der Waals surface area contributed by atoms with Crippen LogP contribution in [0.5, 0.6) is 0 Å². The molecule has 1 fully saturated rings. The summed E-state index contributed by atoms with van der Waals surface area (Å²) < 4.78 is 18.9. The van der Waals surface area contributed by atoms with Crippen molar-refractivity contribution in [3.05, 3.63) is 53.7 Å². The van der Waals surface area contributed by atoms with E-state index in [0.717, 1.165) is 32.8 Å². The van der Waals surface area contributed by atoms with Crippen LogP contribution in [-0.2, 0) is 11.3 Å². The van der Waals surface area contributed by atoms with E-state index in [9.17, 15) is 9.18 Å². The van der Waals surface area contributed by atoms with E-state index in [1.54, 1.807) is 18.2 Å². The molecule has 8 heteroatoms. The summed E-state index contributed by atoms with van der Waals surface area (Å²) >= 11 is 0. The van der Waals surface area contributed by atoms with Crippen molar-refractivity contribution in [2.75, 3.05) is 44.7 Å². The molecular weight excluding hydrogens is 337 g/mol. The fraction of sp³-hybridized carbons (Fsp3) is 0.389. The molecule has 0 aliphatic carbocycles. The molecular formula is C18H22FN5O2. The number of carbonyl (C=O) groups is 1. The molecule has 1 amide bonds. The number of amides is 1. The third-order valence-corrected chi connectivity index (χ3v) is 4.12. The highest BCUT2D eigenvalue weighted by atomic mass is 19.1. The van der Waals surface area contributed by atoms with E-state index in [4.69, 9.17) is 4.74 Å². The molecule has 3 rings (SSSR count). The topological polar surface area (TPSA) is 79.4 Å². The molecule has 0 spiro atoms. The number of carbonyl (C=O) groups excluding carboxylic acids is 1. The van der Waals surface area contributed by atoms with Gasteiger partial charge in [0, 0.05) is 38.3 Å². The van der Waals surface area contributed by atoms with Crippen LogP contribution < -0.4 is 10.6 Å². The summed E-state index contributed by atoms with van der Waals surface area (Å²) in [6, 6.07) is 6.53. The van der Waals surface area contributed by atoms with Gasteiger partial charge in [-0.1, -0.05) is 18.2 Å². The third-order valence-electron chi connectivity index (χ3n) is 4.12. The Morgan fingerprint density at radius 3 is 2.73 bits per heavy atom. The highest BCUT2D eigenvalue weighted by Crippen LogP contribution is 2.09. The summed E-state index contributed by atoms with van der Waals surface area (Å²) in [6.45, 7) is 4.88. The Kier molecular flexibility index (Phi) is 6.45. The number of morpholine rings is 1. The van der Waals surface area contributed by atoms with Crippen LogP contribution in [0.4, 0.5) is 10.2 Å². The lowest BCUT2D eigenvalue weighted by molar-refractivity contribution is 0.0383.